The average molecular weight is 531 g/mol. The normalized spacial score (nSPS) is 16.4. The lowest BCUT2D eigenvalue weighted by molar-refractivity contribution is -0.139. The first-order chi connectivity index (χ1) is 18.8. The van der Waals surface area contributed by atoms with Gasteiger partial charge in [-0.15, -0.1) is 0 Å². The fraction of sp³-hybridized carbons (Fsp3) is 0.290. The van der Waals surface area contributed by atoms with Crippen LogP contribution in [0.3, 0.4) is 0 Å². The van der Waals surface area contributed by atoms with E-state index in [2.05, 4.69) is 20.9 Å². The molecule has 1 saturated carbocycles. The summed E-state index contributed by atoms with van der Waals surface area (Å²) in [5, 5.41) is 9.25. The van der Waals surface area contributed by atoms with Gasteiger partial charge in [0.2, 0.25) is 0 Å². The van der Waals surface area contributed by atoms with Crippen molar-refractivity contribution in [1.82, 2.24) is 14.9 Å². The van der Waals surface area contributed by atoms with Gasteiger partial charge in [-0.25, -0.2) is 9.37 Å². The summed E-state index contributed by atoms with van der Waals surface area (Å²) < 4.78 is 54.3. The molecule has 3 aromatic carbocycles. The van der Waals surface area contributed by atoms with Gasteiger partial charge in [0.25, 0.3) is 0 Å². The van der Waals surface area contributed by atoms with Crippen LogP contribution in [-0.4, -0.2) is 34.5 Å². The third-order valence-electron chi connectivity index (χ3n) is 7.64. The molecular formula is C31H26F4N4. The van der Waals surface area contributed by atoms with Crippen LogP contribution in [0.2, 0.25) is 0 Å². The molecule has 8 heteroatoms. The largest absolute Gasteiger partial charge is 0.419 e. The Morgan fingerprint density at radius 2 is 1.74 bits per heavy atom. The number of nitriles is 1. The van der Waals surface area contributed by atoms with E-state index in [0.717, 1.165) is 72.8 Å². The van der Waals surface area contributed by atoms with Crippen LogP contribution >= 0.6 is 0 Å². The molecule has 0 radical (unpaired) electrons. The zero-order chi connectivity index (χ0) is 27.1. The fourth-order valence-electron chi connectivity index (χ4n) is 5.39. The molecular weight excluding hydrogens is 504 g/mol. The number of nitrogens with one attached hydrogen (secondary N) is 1. The van der Waals surface area contributed by atoms with Gasteiger partial charge in [0.05, 0.1) is 28.2 Å². The molecule has 0 atom stereocenters. The molecule has 39 heavy (non-hydrogen) atoms. The lowest BCUT2D eigenvalue weighted by Gasteiger charge is -2.29. The molecule has 0 spiro atoms. The fourth-order valence-corrected chi connectivity index (χ4v) is 5.39. The molecule has 0 unspecified atom stereocenters. The number of likely N-dealkylation sites (tertiary alicyclic amines) is 1. The quantitative estimate of drug-likeness (QED) is 0.271. The minimum absolute atomic E-state index is 0.146. The molecule has 1 aliphatic carbocycles. The van der Waals surface area contributed by atoms with Crippen molar-refractivity contribution in [2.24, 2.45) is 5.92 Å². The standard InChI is InChI=1S/C31H26F4N4/c32-26-16-28-27(15-25(26)31(33,34)35)37-30(38-28)29(23-10-12-39(13-11-23)18-19-4-5-19)22-8-6-21(7-9-22)24-3-1-2-20(14-24)17-36/h1-3,6-9,14-16,19H,4-5,10-13,18H2,(H,37,38). The molecule has 1 aliphatic heterocycles. The van der Waals surface area contributed by atoms with Gasteiger partial charge >= 0.3 is 6.18 Å². The van der Waals surface area contributed by atoms with Gasteiger partial charge in [-0.3, -0.25) is 0 Å². The van der Waals surface area contributed by atoms with Crippen LogP contribution in [0.1, 0.15) is 48.2 Å². The molecule has 1 saturated heterocycles. The molecule has 198 valence electrons. The molecule has 4 nitrogen and oxygen atoms in total. The molecule has 2 fully saturated rings. The Kier molecular flexibility index (Phi) is 6.48. The van der Waals surface area contributed by atoms with Crippen molar-refractivity contribution in [3.05, 3.63) is 94.6 Å². The molecule has 1 N–H and O–H groups in total. The number of aromatic nitrogens is 2. The van der Waals surface area contributed by atoms with E-state index in [4.69, 9.17) is 0 Å². The Bertz CT molecular complexity index is 1590. The number of halogens is 4. The summed E-state index contributed by atoms with van der Waals surface area (Å²) in [6.07, 6.45) is -0.550. The molecule has 0 amide bonds. The first-order valence-corrected chi connectivity index (χ1v) is 13.1. The van der Waals surface area contributed by atoms with Crippen molar-refractivity contribution in [3.8, 4) is 17.2 Å². The smallest absolute Gasteiger partial charge is 0.338 e. The molecule has 1 aromatic heterocycles. The Balaban J connectivity index is 1.40. The highest BCUT2D eigenvalue weighted by molar-refractivity contribution is 5.86. The number of hydrogen-bond acceptors (Lipinski definition) is 3. The number of alkyl halides is 3. The van der Waals surface area contributed by atoms with E-state index in [1.54, 1.807) is 6.07 Å². The highest BCUT2D eigenvalue weighted by atomic mass is 19.4. The summed E-state index contributed by atoms with van der Waals surface area (Å²) in [4.78, 5) is 10.1. The number of imidazole rings is 1. The monoisotopic (exact) mass is 530 g/mol. The third kappa shape index (κ3) is 5.32. The lowest BCUT2D eigenvalue weighted by Crippen LogP contribution is -2.32. The van der Waals surface area contributed by atoms with E-state index >= 15 is 0 Å². The number of H-pyrrole nitrogens is 1. The zero-order valence-electron chi connectivity index (χ0n) is 21.2. The van der Waals surface area contributed by atoms with E-state index in [1.165, 1.54) is 18.4 Å². The van der Waals surface area contributed by atoms with Gasteiger partial charge in [-0.05, 0) is 66.5 Å². The summed E-state index contributed by atoms with van der Waals surface area (Å²) in [6, 6.07) is 19.1. The van der Waals surface area contributed by atoms with E-state index in [1.807, 2.05) is 42.5 Å². The predicted octanol–water partition coefficient (Wildman–Crippen LogP) is 7.57. The predicted molar refractivity (Wildman–Crippen MR) is 142 cm³/mol. The van der Waals surface area contributed by atoms with Crippen molar-refractivity contribution in [2.45, 2.75) is 31.9 Å². The lowest BCUT2D eigenvalue weighted by atomic mass is 9.91. The second kappa shape index (κ2) is 9.97. The van der Waals surface area contributed by atoms with Gasteiger partial charge in [0, 0.05) is 31.3 Å². The Labute approximate surface area is 223 Å². The van der Waals surface area contributed by atoms with Crippen LogP contribution in [0, 0.1) is 23.1 Å². The molecule has 2 aliphatic rings. The minimum Gasteiger partial charge on any atom is -0.338 e. The van der Waals surface area contributed by atoms with Gasteiger partial charge in [-0.1, -0.05) is 42.0 Å². The summed E-state index contributed by atoms with van der Waals surface area (Å²) in [5.74, 6) is -0.0941. The van der Waals surface area contributed by atoms with Gasteiger partial charge in [0.1, 0.15) is 11.6 Å². The second-order valence-electron chi connectivity index (χ2n) is 10.4. The van der Waals surface area contributed by atoms with E-state index < -0.39 is 17.6 Å². The van der Waals surface area contributed by atoms with Crippen molar-refractivity contribution in [1.29, 1.82) is 5.26 Å². The zero-order valence-corrected chi connectivity index (χ0v) is 21.2. The number of aromatic amines is 1. The maximum Gasteiger partial charge on any atom is 0.419 e. The Hall–Kier alpha value is -3.96. The summed E-state index contributed by atoms with van der Waals surface area (Å²) >= 11 is 0. The van der Waals surface area contributed by atoms with Crippen molar-refractivity contribution in [2.75, 3.05) is 19.6 Å². The van der Waals surface area contributed by atoms with Crippen LogP contribution in [0.4, 0.5) is 17.6 Å². The Morgan fingerprint density at radius 1 is 1.00 bits per heavy atom. The van der Waals surface area contributed by atoms with Crippen molar-refractivity contribution >= 4 is 16.6 Å². The van der Waals surface area contributed by atoms with Crippen molar-refractivity contribution in [3.63, 3.8) is 0 Å². The molecule has 4 aromatic rings. The first kappa shape index (κ1) is 25.3. The number of benzene rings is 3. The maximum atomic E-state index is 14.3. The van der Waals surface area contributed by atoms with Crippen LogP contribution in [-0.2, 0) is 6.18 Å². The minimum atomic E-state index is -4.79. The summed E-state index contributed by atoms with van der Waals surface area (Å²) in [7, 11) is 0. The van der Waals surface area contributed by atoms with E-state index in [9.17, 15) is 22.8 Å². The number of rotatable bonds is 5. The molecule has 2 heterocycles. The highest BCUT2D eigenvalue weighted by Crippen LogP contribution is 2.37. The van der Waals surface area contributed by atoms with Gasteiger partial charge < -0.3 is 9.88 Å². The Morgan fingerprint density at radius 3 is 2.41 bits per heavy atom. The van der Waals surface area contributed by atoms with Crippen LogP contribution in [0.5, 0.6) is 0 Å². The SMILES string of the molecule is N#Cc1cccc(-c2ccc(C(=C3CCN(CC4CC4)CC3)c3nc4cc(F)c(C(F)(F)F)cc4[nH]3)cc2)c1. The second-order valence-corrected chi connectivity index (χ2v) is 10.4. The highest BCUT2D eigenvalue weighted by Gasteiger charge is 2.35. The van der Waals surface area contributed by atoms with Gasteiger partial charge in [0.15, 0.2) is 0 Å². The first-order valence-electron chi connectivity index (χ1n) is 13.1. The van der Waals surface area contributed by atoms with Gasteiger partial charge in [-0.2, -0.15) is 18.4 Å². The number of fused-ring (bicyclic) bond motifs is 1. The van der Waals surface area contributed by atoms with Crippen LogP contribution in [0.15, 0.2) is 66.2 Å². The summed E-state index contributed by atoms with van der Waals surface area (Å²) in [6.45, 7) is 2.95. The van der Waals surface area contributed by atoms with Crippen LogP contribution in [0.25, 0.3) is 27.7 Å². The molecule has 6 rings (SSSR count). The average Bonchev–Trinajstić information content (AvgIpc) is 3.65. The number of nitrogens with zero attached hydrogens (tertiary/aromatic N) is 3. The third-order valence-corrected chi connectivity index (χ3v) is 7.64. The van der Waals surface area contributed by atoms with Crippen LogP contribution < -0.4 is 0 Å². The molecule has 0 bridgehead atoms. The van der Waals surface area contributed by atoms with E-state index in [0.29, 0.717) is 11.4 Å². The summed E-state index contributed by atoms with van der Waals surface area (Å²) in [5.41, 5.74) is 4.35. The number of hydrogen-bond donors (Lipinski definition) is 1. The van der Waals surface area contributed by atoms with E-state index in [-0.39, 0.29) is 11.0 Å². The van der Waals surface area contributed by atoms with Crippen molar-refractivity contribution < 1.29 is 17.6 Å². The maximum absolute atomic E-state index is 14.3. The topological polar surface area (TPSA) is 55.7 Å². The number of piperidine rings is 1.